The smallest absolute Gasteiger partial charge is 0.134 e. The molecule has 0 atom stereocenters. The molecular formula is C14H14N4O. The number of hydrogen-bond acceptors (Lipinski definition) is 3. The molecule has 0 spiro atoms. The summed E-state index contributed by atoms with van der Waals surface area (Å²) in [7, 11) is 0. The summed E-state index contributed by atoms with van der Waals surface area (Å²) in [4.78, 5) is 4.07. The van der Waals surface area contributed by atoms with E-state index in [-0.39, 0.29) is 6.61 Å². The standard InChI is InChI=1S/C14H14N4O/c19-11-14-15-7-9-17(14)10-12-6-8-18(16-12)13-4-2-1-3-5-13/h1-9,19H,10-11H2. The molecule has 0 aliphatic heterocycles. The fourth-order valence-corrected chi connectivity index (χ4v) is 1.98. The molecule has 5 nitrogen and oxygen atoms in total. The van der Waals surface area contributed by atoms with E-state index in [9.17, 15) is 0 Å². The molecular weight excluding hydrogens is 240 g/mol. The van der Waals surface area contributed by atoms with Crippen LogP contribution in [0, 0.1) is 0 Å². The van der Waals surface area contributed by atoms with Gasteiger partial charge in [0.25, 0.3) is 0 Å². The molecule has 0 aliphatic rings. The highest BCUT2D eigenvalue weighted by molar-refractivity contribution is 5.30. The van der Waals surface area contributed by atoms with Crippen molar-refractivity contribution >= 4 is 0 Å². The molecule has 3 aromatic rings. The van der Waals surface area contributed by atoms with Crippen molar-refractivity contribution in [2.75, 3.05) is 0 Å². The summed E-state index contributed by atoms with van der Waals surface area (Å²) in [6.45, 7) is 0.544. The normalized spacial score (nSPS) is 10.8. The Kier molecular flexibility index (Phi) is 3.12. The van der Waals surface area contributed by atoms with E-state index in [0.717, 1.165) is 11.4 Å². The van der Waals surface area contributed by atoms with E-state index in [2.05, 4.69) is 10.1 Å². The molecule has 0 fully saturated rings. The van der Waals surface area contributed by atoms with Crippen molar-refractivity contribution in [3.8, 4) is 5.69 Å². The Bertz CT molecular complexity index is 657. The van der Waals surface area contributed by atoms with Gasteiger partial charge in [0.2, 0.25) is 0 Å². The van der Waals surface area contributed by atoms with Crippen LogP contribution in [0.5, 0.6) is 0 Å². The van der Waals surface area contributed by atoms with Crippen molar-refractivity contribution in [3.63, 3.8) is 0 Å². The number of aliphatic hydroxyl groups is 1. The van der Waals surface area contributed by atoms with E-state index >= 15 is 0 Å². The van der Waals surface area contributed by atoms with Crippen LogP contribution in [0.15, 0.2) is 55.0 Å². The molecule has 2 heterocycles. The Balaban J connectivity index is 1.82. The maximum Gasteiger partial charge on any atom is 0.134 e. The van der Waals surface area contributed by atoms with Crippen LogP contribution in [0.1, 0.15) is 11.5 Å². The monoisotopic (exact) mass is 254 g/mol. The first-order valence-corrected chi connectivity index (χ1v) is 6.07. The van der Waals surface area contributed by atoms with E-state index < -0.39 is 0 Å². The lowest BCUT2D eigenvalue weighted by molar-refractivity contribution is 0.266. The van der Waals surface area contributed by atoms with Crippen LogP contribution in [-0.2, 0) is 13.2 Å². The molecule has 3 rings (SSSR count). The maximum atomic E-state index is 9.16. The quantitative estimate of drug-likeness (QED) is 0.769. The second-order valence-corrected chi connectivity index (χ2v) is 4.22. The Morgan fingerprint density at radius 1 is 1.05 bits per heavy atom. The topological polar surface area (TPSA) is 55.9 Å². The number of imidazole rings is 1. The summed E-state index contributed by atoms with van der Waals surface area (Å²) in [6, 6.07) is 11.9. The largest absolute Gasteiger partial charge is 0.388 e. The summed E-state index contributed by atoms with van der Waals surface area (Å²) in [5, 5.41) is 13.7. The van der Waals surface area contributed by atoms with Gasteiger partial charge >= 0.3 is 0 Å². The van der Waals surface area contributed by atoms with Gasteiger partial charge in [0.1, 0.15) is 12.4 Å². The van der Waals surface area contributed by atoms with Gasteiger partial charge in [-0.25, -0.2) is 9.67 Å². The third kappa shape index (κ3) is 2.41. The van der Waals surface area contributed by atoms with Crippen molar-refractivity contribution in [3.05, 3.63) is 66.5 Å². The fourth-order valence-electron chi connectivity index (χ4n) is 1.98. The average Bonchev–Trinajstić information content (AvgIpc) is 3.09. The third-order valence-electron chi connectivity index (χ3n) is 2.94. The summed E-state index contributed by atoms with van der Waals surface area (Å²) < 4.78 is 3.72. The van der Waals surface area contributed by atoms with Crippen LogP contribution in [0.25, 0.3) is 5.69 Å². The zero-order chi connectivity index (χ0) is 13.1. The number of para-hydroxylation sites is 1. The SMILES string of the molecule is OCc1nccn1Cc1ccn(-c2ccccc2)n1. The minimum atomic E-state index is -0.0631. The van der Waals surface area contributed by atoms with E-state index in [1.165, 1.54) is 0 Å². The summed E-state index contributed by atoms with van der Waals surface area (Å²) in [5.74, 6) is 0.647. The number of aromatic nitrogens is 4. The fraction of sp³-hybridized carbons (Fsp3) is 0.143. The highest BCUT2D eigenvalue weighted by Gasteiger charge is 2.05. The summed E-state index contributed by atoms with van der Waals surface area (Å²) in [5.41, 5.74) is 1.96. The van der Waals surface area contributed by atoms with Crippen LogP contribution in [0.3, 0.4) is 0 Å². The van der Waals surface area contributed by atoms with Gasteiger partial charge < -0.3 is 9.67 Å². The van der Waals surface area contributed by atoms with Crippen molar-refractivity contribution in [2.45, 2.75) is 13.2 Å². The number of benzene rings is 1. The van der Waals surface area contributed by atoms with Gasteiger partial charge in [-0.05, 0) is 18.2 Å². The van der Waals surface area contributed by atoms with E-state index in [0.29, 0.717) is 12.4 Å². The Labute approximate surface area is 110 Å². The number of rotatable bonds is 4. The molecule has 1 aromatic carbocycles. The Morgan fingerprint density at radius 3 is 2.68 bits per heavy atom. The predicted octanol–water partition coefficient (Wildman–Crippen LogP) is 1.61. The van der Waals surface area contributed by atoms with Gasteiger partial charge in [0.05, 0.1) is 17.9 Å². The number of aliphatic hydroxyl groups excluding tert-OH is 1. The first-order chi connectivity index (χ1) is 9.36. The first-order valence-electron chi connectivity index (χ1n) is 6.07. The molecule has 0 radical (unpaired) electrons. The lowest BCUT2D eigenvalue weighted by Crippen LogP contribution is -2.05. The molecule has 96 valence electrons. The van der Waals surface area contributed by atoms with Crippen molar-refractivity contribution in [1.82, 2.24) is 19.3 Å². The second-order valence-electron chi connectivity index (χ2n) is 4.22. The number of nitrogens with zero attached hydrogens (tertiary/aromatic N) is 4. The van der Waals surface area contributed by atoms with Crippen LogP contribution >= 0.6 is 0 Å². The van der Waals surface area contributed by atoms with E-state index in [1.807, 2.05) is 58.0 Å². The molecule has 0 saturated heterocycles. The van der Waals surface area contributed by atoms with Gasteiger partial charge in [-0.2, -0.15) is 5.10 Å². The minimum Gasteiger partial charge on any atom is -0.388 e. The highest BCUT2D eigenvalue weighted by atomic mass is 16.3. The van der Waals surface area contributed by atoms with Gasteiger partial charge in [-0.3, -0.25) is 0 Å². The summed E-state index contributed by atoms with van der Waals surface area (Å²) in [6.07, 6.45) is 5.45. The first kappa shape index (κ1) is 11.7. The molecule has 0 amide bonds. The Hall–Kier alpha value is -2.40. The van der Waals surface area contributed by atoms with Gasteiger partial charge in [-0.1, -0.05) is 18.2 Å². The zero-order valence-corrected chi connectivity index (χ0v) is 10.3. The van der Waals surface area contributed by atoms with E-state index in [4.69, 9.17) is 5.11 Å². The van der Waals surface area contributed by atoms with Crippen molar-refractivity contribution in [1.29, 1.82) is 0 Å². The summed E-state index contributed by atoms with van der Waals surface area (Å²) >= 11 is 0. The molecule has 0 saturated carbocycles. The predicted molar refractivity (Wildman–Crippen MR) is 70.8 cm³/mol. The zero-order valence-electron chi connectivity index (χ0n) is 10.3. The lowest BCUT2D eigenvalue weighted by atomic mass is 10.3. The molecule has 0 unspecified atom stereocenters. The van der Waals surface area contributed by atoms with Crippen LogP contribution in [0.2, 0.25) is 0 Å². The van der Waals surface area contributed by atoms with Crippen molar-refractivity contribution < 1.29 is 5.11 Å². The lowest BCUT2D eigenvalue weighted by Gasteiger charge is -2.03. The molecule has 2 aromatic heterocycles. The van der Waals surface area contributed by atoms with Gasteiger partial charge in [0.15, 0.2) is 0 Å². The van der Waals surface area contributed by atoms with Crippen LogP contribution in [-0.4, -0.2) is 24.4 Å². The highest BCUT2D eigenvalue weighted by Crippen LogP contribution is 2.08. The molecule has 5 heteroatoms. The van der Waals surface area contributed by atoms with Gasteiger partial charge in [0, 0.05) is 18.6 Å². The second kappa shape index (κ2) is 5.07. The minimum absolute atomic E-state index is 0.0631. The molecule has 19 heavy (non-hydrogen) atoms. The van der Waals surface area contributed by atoms with E-state index in [1.54, 1.807) is 6.20 Å². The molecule has 0 aliphatic carbocycles. The van der Waals surface area contributed by atoms with Crippen molar-refractivity contribution in [2.24, 2.45) is 0 Å². The van der Waals surface area contributed by atoms with Gasteiger partial charge in [-0.15, -0.1) is 0 Å². The van der Waals surface area contributed by atoms with Crippen LogP contribution in [0.4, 0.5) is 0 Å². The number of hydrogen-bond donors (Lipinski definition) is 1. The Morgan fingerprint density at radius 2 is 1.89 bits per heavy atom. The van der Waals surface area contributed by atoms with Crippen LogP contribution < -0.4 is 0 Å². The average molecular weight is 254 g/mol. The molecule has 1 N–H and O–H groups in total. The third-order valence-corrected chi connectivity index (χ3v) is 2.94. The maximum absolute atomic E-state index is 9.16. The molecule has 0 bridgehead atoms.